The van der Waals surface area contributed by atoms with Crippen LogP contribution in [0.15, 0.2) is 0 Å². The van der Waals surface area contributed by atoms with Crippen LogP contribution < -0.4 is 0 Å². The van der Waals surface area contributed by atoms with Crippen LogP contribution in [0, 0.1) is 0 Å². The monoisotopic (exact) mass is 338 g/mol. The van der Waals surface area contributed by atoms with Gasteiger partial charge in [0.05, 0.1) is 0 Å². The summed E-state index contributed by atoms with van der Waals surface area (Å²) >= 11 is 25.5. The summed E-state index contributed by atoms with van der Waals surface area (Å²) in [7, 11) is 0. The Bertz CT molecular complexity index is 166. The number of hydrogen-bond acceptors (Lipinski definition) is 0. The zero-order chi connectivity index (χ0) is 12.7. The van der Waals surface area contributed by atoms with E-state index >= 15 is 0 Å². The molecule has 0 N–H and O–H groups in total. The zero-order valence-corrected chi connectivity index (χ0v) is 15.2. The first-order valence-electron chi connectivity index (χ1n) is 6.08. The van der Waals surface area contributed by atoms with Crippen molar-refractivity contribution in [1.82, 2.24) is 0 Å². The predicted octanol–water partition coefficient (Wildman–Crippen LogP) is 6.43. The molecule has 98 valence electrons. The summed E-state index contributed by atoms with van der Waals surface area (Å²) in [6.07, 6.45) is 4.53. The normalized spacial score (nSPS) is 13.1. The van der Waals surface area contributed by atoms with Crippen LogP contribution in [-0.2, 0) is 0 Å². The van der Waals surface area contributed by atoms with Crippen LogP contribution in [0.1, 0.15) is 39.5 Å². The topological polar surface area (TPSA) is 0 Å². The Morgan fingerprint density at radius 2 is 0.938 bits per heavy atom. The molecule has 0 heterocycles. The van der Waals surface area contributed by atoms with Crippen molar-refractivity contribution in [2.45, 2.75) is 63.7 Å². The van der Waals surface area contributed by atoms with Gasteiger partial charge in [0.2, 0.25) is 0 Å². The lowest BCUT2D eigenvalue weighted by Gasteiger charge is -2.21. The molecule has 0 aliphatic carbocycles. The first kappa shape index (κ1) is 17.6. The summed E-state index contributed by atoms with van der Waals surface area (Å²) in [5, 5.41) is 0. The molecule has 0 spiro atoms. The van der Waals surface area contributed by atoms with E-state index in [4.69, 9.17) is 44.3 Å². The predicted molar refractivity (Wildman–Crippen MR) is 84.0 cm³/mol. The fraction of sp³-hybridized carbons (Fsp3) is 1.00. The van der Waals surface area contributed by atoms with Crippen molar-refractivity contribution >= 4 is 57.7 Å². The van der Waals surface area contributed by atoms with Crippen LogP contribution in [-0.4, -0.2) is 13.4 Å². The van der Waals surface area contributed by atoms with E-state index < -0.39 is 13.4 Å². The van der Waals surface area contributed by atoms with E-state index in [0.717, 1.165) is 49.9 Å². The molecule has 0 saturated heterocycles. The van der Waals surface area contributed by atoms with E-state index in [1.165, 1.54) is 0 Å². The third-order valence-electron chi connectivity index (χ3n) is 2.65. The standard InChI is InChI=1S/C10H22Cl4Si2/c1-3-5-7-15(11,12)9-10-16(13,14)8-6-4-2/h3-10H2,1-2H3. The summed E-state index contributed by atoms with van der Waals surface area (Å²) in [4.78, 5) is 0. The van der Waals surface area contributed by atoms with Gasteiger partial charge in [-0.25, -0.2) is 0 Å². The first-order chi connectivity index (χ1) is 7.33. The van der Waals surface area contributed by atoms with Crippen LogP contribution in [0.2, 0.25) is 24.2 Å². The number of hydrogen-bond donors (Lipinski definition) is 0. The summed E-state index contributed by atoms with van der Waals surface area (Å²) in [6.45, 7) is 0.183. The molecule has 16 heavy (non-hydrogen) atoms. The first-order valence-corrected chi connectivity index (χ1v) is 15.0. The number of unbranched alkanes of at least 4 members (excludes halogenated alkanes) is 2. The molecule has 0 radical (unpaired) electrons. The van der Waals surface area contributed by atoms with Gasteiger partial charge in [0.15, 0.2) is 0 Å². The van der Waals surface area contributed by atoms with Crippen LogP contribution in [0.5, 0.6) is 0 Å². The molecule has 0 unspecified atom stereocenters. The number of rotatable bonds is 9. The van der Waals surface area contributed by atoms with Crippen molar-refractivity contribution in [3.63, 3.8) is 0 Å². The van der Waals surface area contributed by atoms with E-state index in [2.05, 4.69) is 13.8 Å². The third-order valence-corrected chi connectivity index (χ3v) is 11.8. The van der Waals surface area contributed by atoms with Crippen molar-refractivity contribution in [3.8, 4) is 0 Å². The van der Waals surface area contributed by atoms with Crippen molar-refractivity contribution in [2.75, 3.05) is 0 Å². The van der Waals surface area contributed by atoms with Gasteiger partial charge in [-0.2, -0.15) is 0 Å². The van der Waals surface area contributed by atoms with Gasteiger partial charge in [0.25, 0.3) is 13.4 Å². The maximum atomic E-state index is 6.36. The second kappa shape index (κ2) is 8.65. The van der Waals surface area contributed by atoms with Gasteiger partial charge < -0.3 is 0 Å². The average Bonchev–Trinajstić information content (AvgIpc) is 2.22. The van der Waals surface area contributed by atoms with Crippen LogP contribution in [0.25, 0.3) is 0 Å². The van der Waals surface area contributed by atoms with Gasteiger partial charge in [-0.05, 0) is 24.2 Å². The Morgan fingerprint density at radius 1 is 0.625 bits per heavy atom. The highest BCUT2D eigenvalue weighted by Crippen LogP contribution is 2.36. The Morgan fingerprint density at radius 3 is 1.19 bits per heavy atom. The summed E-state index contributed by atoms with van der Waals surface area (Å²) < 4.78 is 0. The fourth-order valence-electron chi connectivity index (χ4n) is 1.49. The van der Waals surface area contributed by atoms with E-state index in [0.29, 0.717) is 0 Å². The maximum Gasteiger partial charge on any atom is 0.251 e. The second-order valence-electron chi connectivity index (χ2n) is 4.42. The van der Waals surface area contributed by atoms with Gasteiger partial charge in [-0.15, -0.1) is 44.3 Å². The molecular weight excluding hydrogens is 318 g/mol. The van der Waals surface area contributed by atoms with E-state index in [-0.39, 0.29) is 0 Å². The minimum atomic E-state index is -2.06. The van der Waals surface area contributed by atoms with Crippen LogP contribution in [0.3, 0.4) is 0 Å². The molecule has 0 aliphatic heterocycles. The molecule has 0 saturated carbocycles. The molecule has 0 nitrogen and oxygen atoms in total. The van der Waals surface area contributed by atoms with Crippen molar-refractivity contribution < 1.29 is 0 Å². The lowest BCUT2D eigenvalue weighted by atomic mass is 10.4. The quantitative estimate of drug-likeness (QED) is 0.335. The van der Waals surface area contributed by atoms with Crippen molar-refractivity contribution in [2.24, 2.45) is 0 Å². The minimum Gasteiger partial charge on any atom is -0.146 e. The molecule has 0 aromatic rings. The Hall–Kier alpha value is 1.59. The molecule has 0 fully saturated rings. The van der Waals surface area contributed by atoms with E-state index in [1.54, 1.807) is 0 Å². The molecule has 0 rings (SSSR count). The van der Waals surface area contributed by atoms with Gasteiger partial charge in [-0.3, -0.25) is 0 Å². The zero-order valence-electron chi connectivity index (χ0n) is 10.2. The second-order valence-corrected chi connectivity index (χ2v) is 19.7. The SMILES string of the molecule is CCCC[Si](Cl)(Cl)CC[Si](Cl)(Cl)CCCC. The summed E-state index contributed by atoms with van der Waals surface area (Å²) in [5.74, 6) is 0. The van der Waals surface area contributed by atoms with Gasteiger partial charge in [-0.1, -0.05) is 39.5 Å². The molecule has 0 bridgehead atoms. The Kier molecular flexibility index (Phi) is 9.52. The molecular formula is C10H22Cl4Si2. The van der Waals surface area contributed by atoms with Gasteiger partial charge in [0.1, 0.15) is 0 Å². The van der Waals surface area contributed by atoms with Crippen molar-refractivity contribution in [1.29, 1.82) is 0 Å². The van der Waals surface area contributed by atoms with Crippen LogP contribution in [0.4, 0.5) is 0 Å². The highest BCUT2D eigenvalue weighted by atomic mass is 35.7. The largest absolute Gasteiger partial charge is 0.251 e. The third kappa shape index (κ3) is 9.61. The fourth-order valence-corrected chi connectivity index (χ4v) is 11.7. The smallest absolute Gasteiger partial charge is 0.146 e. The van der Waals surface area contributed by atoms with Gasteiger partial charge >= 0.3 is 0 Å². The summed E-state index contributed by atoms with van der Waals surface area (Å²) in [5.41, 5.74) is 0. The average molecular weight is 340 g/mol. The molecule has 0 aromatic heterocycles. The molecule has 6 heteroatoms. The van der Waals surface area contributed by atoms with E-state index in [9.17, 15) is 0 Å². The summed E-state index contributed by atoms with van der Waals surface area (Å²) in [6, 6.07) is 3.66. The Balaban J connectivity index is 3.91. The molecule has 0 amide bonds. The molecule has 0 aliphatic rings. The molecule has 0 atom stereocenters. The molecule has 0 aromatic carbocycles. The van der Waals surface area contributed by atoms with Crippen LogP contribution >= 0.6 is 44.3 Å². The highest BCUT2D eigenvalue weighted by Gasteiger charge is 2.34. The minimum absolute atomic E-state index is 0.860. The lowest BCUT2D eigenvalue weighted by molar-refractivity contribution is 0.869. The Labute approximate surface area is 121 Å². The maximum absolute atomic E-state index is 6.36. The highest BCUT2D eigenvalue weighted by molar-refractivity contribution is 7.48. The van der Waals surface area contributed by atoms with Gasteiger partial charge in [0, 0.05) is 0 Å². The van der Waals surface area contributed by atoms with E-state index in [1.807, 2.05) is 0 Å². The lowest BCUT2D eigenvalue weighted by Crippen LogP contribution is -2.25. The number of halogens is 4. The van der Waals surface area contributed by atoms with Crippen molar-refractivity contribution in [3.05, 3.63) is 0 Å².